The minimum atomic E-state index is -0.333. The molecule has 1 aromatic carbocycles. The highest BCUT2D eigenvalue weighted by molar-refractivity contribution is 5.71. The summed E-state index contributed by atoms with van der Waals surface area (Å²) in [4.78, 5) is 0. The lowest BCUT2D eigenvalue weighted by atomic mass is 10.2. The van der Waals surface area contributed by atoms with Crippen LogP contribution in [-0.2, 0) is 0 Å². The topological polar surface area (TPSA) is 75.9 Å². The molecular weight excluding hydrogens is 138 g/mol. The Morgan fingerprint density at radius 2 is 1.55 bits per heavy atom. The van der Waals surface area contributed by atoms with Crippen LogP contribution in [0, 0.1) is 12.3 Å². The highest BCUT2D eigenvalue weighted by atomic mass is 14.9. The van der Waals surface area contributed by atoms with Crippen molar-refractivity contribution >= 4 is 5.96 Å². The van der Waals surface area contributed by atoms with Crippen LogP contribution in [0.2, 0.25) is 0 Å². The van der Waals surface area contributed by atoms with Gasteiger partial charge in [0.05, 0.1) is 0 Å². The van der Waals surface area contributed by atoms with E-state index < -0.39 is 0 Å². The lowest BCUT2D eigenvalue weighted by Gasteiger charge is -1.82. The number of nitrogens with two attached hydrogens (primary N) is 2. The SMILES string of the molecule is Cc1ccccc1.N=C(N)N. The Bertz CT molecular complexity index is 202. The number of nitrogens with one attached hydrogen (secondary N) is 1. The molecule has 0 saturated heterocycles. The third-order valence-electron chi connectivity index (χ3n) is 0.940. The molecule has 60 valence electrons. The zero-order valence-corrected chi connectivity index (χ0v) is 6.54. The van der Waals surface area contributed by atoms with Crippen molar-refractivity contribution in [1.82, 2.24) is 0 Å². The summed E-state index contributed by atoms with van der Waals surface area (Å²) in [5, 5.41) is 6.06. The monoisotopic (exact) mass is 151 g/mol. The molecule has 0 radical (unpaired) electrons. The zero-order chi connectivity index (χ0) is 8.69. The third kappa shape index (κ3) is 8.49. The summed E-state index contributed by atoms with van der Waals surface area (Å²) in [7, 11) is 0. The van der Waals surface area contributed by atoms with Crippen LogP contribution in [-0.4, -0.2) is 5.96 Å². The van der Waals surface area contributed by atoms with Gasteiger partial charge in [-0.1, -0.05) is 35.9 Å². The predicted molar refractivity (Wildman–Crippen MR) is 47.3 cm³/mol. The fraction of sp³-hybridized carbons (Fsp3) is 0.125. The van der Waals surface area contributed by atoms with Crippen LogP contribution in [0.1, 0.15) is 5.56 Å². The van der Waals surface area contributed by atoms with Crippen LogP contribution in [0.25, 0.3) is 0 Å². The Morgan fingerprint density at radius 1 is 1.18 bits per heavy atom. The van der Waals surface area contributed by atoms with Crippen molar-refractivity contribution < 1.29 is 0 Å². The summed E-state index contributed by atoms with van der Waals surface area (Å²) in [6.45, 7) is 2.08. The average molecular weight is 151 g/mol. The van der Waals surface area contributed by atoms with E-state index in [1.54, 1.807) is 0 Å². The van der Waals surface area contributed by atoms with Gasteiger partial charge in [0.1, 0.15) is 0 Å². The normalized spacial score (nSPS) is 7.73. The Morgan fingerprint density at radius 3 is 1.73 bits per heavy atom. The van der Waals surface area contributed by atoms with Gasteiger partial charge in [0.25, 0.3) is 0 Å². The second-order valence-corrected chi connectivity index (χ2v) is 2.11. The van der Waals surface area contributed by atoms with Gasteiger partial charge in [-0.3, -0.25) is 5.41 Å². The third-order valence-corrected chi connectivity index (χ3v) is 0.940. The second-order valence-electron chi connectivity index (χ2n) is 2.11. The van der Waals surface area contributed by atoms with Gasteiger partial charge in [0, 0.05) is 0 Å². The molecule has 0 aliphatic heterocycles. The lowest BCUT2D eigenvalue weighted by Crippen LogP contribution is -2.20. The highest BCUT2D eigenvalue weighted by Crippen LogP contribution is 1.92. The molecule has 3 heteroatoms. The number of hydrogen-bond donors (Lipinski definition) is 3. The van der Waals surface area contributed by atoms with Crippen LogP contribution >= 0.6 is 0 Å². The molecule has 1 rings (SSSR count). The quantitative estimate of drug-likeness (QED) is 0.379. The molecule has 0 unspecified atom stereocenters. The van der Waals surface area contributed by atoms with Gasteiger partial charge >= 0.3 is 0 Å². The van der Waals surface area contributed by atoms with E-state index in [0.717, 1.165) is 0 Å². The van der Waals surface area contributed by atoms with E-state index in [0.29, 0.717) is 0 Å². The summed E-state index contributed by atoms with van der Waals surface area (Å²) in [6.07, 6.45) is 0. The summed E-state index contributed by atoms with van der Waals surface area (Å²) < 4.78 is 0. The first-order valence-electron chi connectivity index (χ1n) is 3.24. The molecule has 0 saturated carbocycles. The molecule has 0 fully saturated rings. The average Bonchev–Trinajstić information content (AvgIpc) is 1.87. The van der Waals surface area contributed by atoms with Crippen LogP contribution in [0.3, 0.4) is 0 Å². The van der Waals surface area contributed by atoms with Gasteiger partial charge in [0.15, 0.2) is 5.96 Å². The van der Waals surface area contributed by atoms with Crippen molar-refractivity contribution in [2.24, 2.45) is 11.5 Å². The van der Waals surface area contributed by atoms with Crippen LogP contribution < -0.4 is 11.5 Å². The van der Waals surface area contributed by atoms with E-state index >= 15 is 0 Å². The van der Waals surface area contributed by atoms with Gasteiger partial charge in [-0.15, -0.1) is 0 Å². The van der Waals surface area contributed by atoms with Crippen LogP contribution in [0.15, 0.2) is 30.3 Å². The molecule has 0 amide bonds. The van der Waals surface area contributed by atoms with Crippen molar-refractivity contribution in [3.8, 4) is 0 Å². The maximum Gasteiger partial charge on any atom is 0.183 e. The molecule has 0 aliphatic carbocycles. The van der Waals surface area contributed by atoms with Gasteiger partial charge in [-0.2, -0.15) is 0 Å². The van der Waals surface area contributed by atoms with Gasteiger partial charge in [0.2, 0.25) is 0 Å². The smallest absolute Gasteiger partial charge is 0.183 e. The van der Waals surface area contributed by atoms with E-state index in [9.17, 15) is 0 Å². The van der Waals surface area contributed by atoms with Crippen molar-refractivity contribution in [2.75, 3.05) is 0 Å². The largest absolute Gasteiger partial charge is 0.370 e. The summed E-state index contributed by atoms with van der Waals surface area (Å²) in [5.74, 6) is -0.333. The molecule has 0 atom stereocenters. The maximum atomic E-state index is 6.06. The lowest BCUT2D eigenvalue weighted by molar-refractivity contribution is 1.39. The molecule has 0 spiro atoms. The Hall–Kier alpha value is -1.51. The van der Waals surface area contributed by atoms with E-state index in [4.69, 9.17) is 5.41 Å². The summed E-state index contributed by atoms with van der Waals surface area (Å²) in [6, 6.07) is 10.3. The van der Waals surface area contributed by atoms with E-state index in [1.165, 1.54) is 5.56 Å². The fourth-order valence-electron chi connectivity index (χ4n) is 0.534. The van der Waals surface area contributed by atoms with Gasteiger partial charge in [-0.25, -0.2) is 0 Å². The van der Waals surface area contributed by atoms with Crippen molar-refractivity contribution in [1.29, 1.82) is 5.41 Å². The minimum absolute atomic E-state index is 0.333. The van der Waals surface area contributed by atoms with E-state index in [1.807, 2.05) is 18.2 Å². The number of hydrogen-bond acceptors (Lipinski definition) is 1. The fourth-order valence-corrected chi connectivity index (χ4v) is 0.534. The molecule has 0 heterocycles. The molecule has 11 heavy (non-hydrogen) atoms. The molecular formula is C8H13N3. The zero-order valence-electron chi connectivity index (χ0n) is 6.54. The summed E-state index contributed by atoms with van der Waals surface area (Å²) >= 11 is 0. The highest BCUT2D eigenvalue weighted by Gasteiger charge is 1.72. The predicted octanol–water partition coefficient (Wildman–Crippen LogP) is 0.834. The first kappa shape index (κ1) is 9.49. The molecule has 1 aromatic rings. The number of aryl methyl sites for hydroxylation is 1. The second kappa shape index (κ2) is 5.29. The first-order valence-corrected chi connectivity index (χ1v) is 3.24. The Labute approximate surface area is 66.5 Å². The Kier molecular flexibility index (Phi) is 4.56. The van der Waals surface area contributed by atoms with E-state index in [-0.39, 0.29) is 5.96 Å². The Balaban J connectivity index is 0.000000218. The summed E-state index contributed by atoms with van der Waals surface area (Å²) in [5.41, 5.74) is 10.3. The molecule has 3 nitrogen and oxygen atoms in total. The van der Waals surface area contributed by atoms with Gasteiger partial charge < -0.3 is 11.5 Å². The minimum Gasteiger partial charge on any atom is -0.370 e. The van der Waals surface area contributed by atoms with Crippen molar-refractivity contribution in [3.05, 3.63) is 35.9 Å². The number of guanidine groups is 1. The van der Waals surface area contributed by atoms with E-state index in [2.05, 4.69) is 30.5 Å². The standard InChI is InChI=1S/C7H8.CH5N3/c1-7-5-3-2-4-6-7;2-1(3)4/h2-6H,1H3;(H5,2,3,4). The van der Waals surface area contributed by atoms with Gasteiger partial charge in [-0.05, 0) is 6.92 Å². The molecule has 0 aromatic heterocycles. The van der Waals surface area contributed by atoms with Crippen LogP contribution in [0.5, 0.6) is 0 Å². The number of rotatable bonds is 0. The van der Waals surface area contributed by atoms with Crippen molar-refractivity contribution in [2.45, 2.75) is 6.92 Å². The maximum absolute atomic E-state index is 6.06. The molecule has 0 bridgehead atoms. The molecule has 0 aliphatic rings. The van der Waals surface area contributed by atoms with Crippen molar-refractivity contribution in [3.63, 3.8) is 0 Å². The first-order chi connectivity index (χ1) is 5.13. The van der Waals surface area contributed by atoms with Crippen LogP contribution in [0.4, 0.5) is 0 Å². The molecule has 5 N–H and O–H groups in total. The number of benzene rings is 1.